The van der Waals surface area contributed by atoms with Crippen molar-refractivity contribution in [1.82, 2.24) is 5.32 Å². The van der Waals surface area contributed by atoms with Crippen molar-refractivity contribution in [3.8, 4) is 0 Å². The van der Waals surface area contributed by atoms with E-state index in [1.807, 2.05) is 32.9 Å². The fourth-order valence-corrected chi connectivity index (χ4v) is 2.48. The summed E-state index contributed by atoms with van der Waals surface area (Å²) < 4.78 is 12.2. The summed E-state index contributed by atoms with van der Waals surface area (Å²) in [6.45, 7) is 14.6. The highest BCUT2D eigenvalue weighted by Gasteiger charge is 2.51. The normalized spacial score (nSPS) is 19.2. The highest BCUT2D eigenvalue weighted by atomic mass is 16.7. The number of hydrogen-bond acceptors (Lipinski definition) is 3. The number of amides is 1. The Bertz CT molecular complexity index is 580. The molecule has 0 radical (unpaired) electrons. The van der Waals surface area contributed by atoms with E-state index < -0.39 is 0 Å². The van der Waals surface area contributed by atoms with Gasteiger partial charge in [-0.1, -0.05) is 37.6 Å². The van der Waals surface area contributed by atoms with Gasteiger partial charge < -0.3 is 14.6 Å². The van der Waals surface area contributed by atoms with Crippen molar-refractivity contribution in [2.24, 2.45) is 5.92 Å². The minimum atomic E-state index is -0.348. The van der Waals surface area contributed by atoms with E-state index in [4.69, 9.17) is 9.31 Å². The Hall–Kier alpha value is -1.33. The quantitative estimate of drug-likeness (QED) is 0.868. The van der Waals surface area contributed by atoms with Crippen molar-refractivity contribution in [2.45, 2.75) is 66.2 Å². The van der Waals surface area contributed by atoms with Crippen LogP contribution in [0.15, 0.2) is 18.2 Å². The monoisotopic (exact) mass is 317 g/mol. The van der Waals surface area contributed by atoms with Gasteiger partial charge in [-0.25, -0.2) is 0 Å². The van der Waals surface area contributed by atoms with E-state index in [1.54, 1.807) is 0 Å². The van der Waals surface area contributed by atoms with Crippen LogP contribution < -0.4 is 10.8 Å². The third-order valence-corrected chi connectivity index (χ3v) is 4.83. The summed E-state index contributed by atoms with van der Waals surface area (Å²) in [5.74, 6) is 0.0674. The standard InChI is InChI=1S/C18H28BNO3/c1-12(2)16(21)20-11-14-8-9-15(13(3)10-14)19-22-17(4,5)18(6,7)23-19/h8-10,12H,11H2,1-7H3,(H,20,21). The molecule has 1 amide bonds. The van der Waals surface area contributed by atoms with Crippen molar-refractivity contribution in [1.29, 1.82) is 0 Å². The van der Waals surface area contributed by atoms with E-state index in [-0.39, 0.29) is 30.1 Å². The minimum Gasteiger partial charge on any atom is -0.399 e. The van der Waals surface area contributed by atoms with E-state index in [0.717, 1.165) is 16.6 Å². The molecule has 0 saturated carbocycles. The number of aryl methyl sites for hydroxylation is 1. The van der Waals surface area contributed by atoms with Gasteiger partial charge >= 0.3 is 7.12 Å². The zero-order chi connectivity index (χ0) is 17.4. The first-order valence-electron chi connectivity index (χ1n) is 8.26. The lowest BCUT2D eigenvalue weighted by Crippen LogP contribution is -2.41. The summed E-state index contributed by atoms with van der Waals surface area (Å²) in [6, 6.07) is 6.14. The van der Waals surface area contributed by atoms with Gasteiger partial charge in [0.25, 0.3) is 0 Å². The smallest absolute Gasteiger partial charge is 0.399 e. The van der Waals surface area contributed by atoms with E-state index >= 15 is 0 Å². The van der Waals surface area contributed by atoms with Gasteiger partial charge in [-0.3, -0.25) is 4.79 Å². The molecule has 1 aliphatic heterocycles. The molecule has 0 aromatic heterocycles. The first kappa shape index (κ1) is 18.0. The second-order valence-corrected chi connectivity index (χ2v) is 7.65. The molecule has 4 nitrogen and oxygen atoms in total. The van der Waals surface area contributed by atoms with Gasteiger partial charge in [0.1, 0.15) is 0 Å². The maximum atomic E-state index is 11.7. The van der Waals surface area contributed by atoms with Crippen molar-refractivity contribution < 1.29 is 14.1 Å². The number of carbonyl (C=O) groups excluding carboxylic acids is 1. The number of carbonyl (C=O) groups is 1. The van der Waals surface area contributed by atoms with Crippen molar-refractivity contribution in [3.05, 3.63) is 29.3 Å². The molecule has 1 heterocycles. The molecule has 2 rings (SSSR count). The minimum absolute atomic E-state index is 0.000113. The molecule has 1 saturated heterocycles. The zero-order valence-electron chi connectivity index (χ0n) is 15.3. The molecule has 1 aromatic carbocycles. The Labute approximate surface area is 140 Å². The Balaban J connectivity index is 2.10. The first-order chi connectivity index (χ1) is 10.5. The van der Waals surface area contributed by atoms with Crippen LogP contribution in [0.25, 0.3) is 0 Å². The second kappa shape index (κ2) is 6.29. The lowest BCUT2D eigenvalue weighted by Gasteiger charge is -2.32. The summed E-state index contributed by atoms with van der Waals surface area (Å²) in [7, 11) is -0.348. The predicted molar refractivity (Wildman–Crippen MR) is 93.6 cm³/mol. The Kier molecular flexibility index (Phi) is 4.93. The molecule has 0 bridgehead atoms. The van der Waals surface area contributed by atoms with Crippen LogP contribution in [-0.4, -0.2) is 24.2 Å². The van der Waals surface area contributed by atoms with Crippen molar-refractivity contribution in [2.75, 3.05) is 0 Å². The van der Waals surface area contributed by atoms with E-state index in [0.29, 0.717) is 6.54 Å². The second-order valence-electron chi connectivity index (χ2n) is 7.65. The molecule has 126 valence electrons. The van der Waals surface area contributed by atoms with Crippen LogP contribution in [-0.2, 0) is 20.6 Å². The molecular weight excluding hydrogens is 289 g/mol. The van der Waals surface area contributed by atoms with Crippen molar-refractivity contribution >= 4 is 18.5 Å². The number of benzene rings is 1. The lowest BCUT2D eigenvalue weighted by molar-refractivity contribution is -0.124. The van der Waals surface area contributed by atoms with Crippen LogP contribution in [0.3, 0.4) is 0 Å². The van der Waals surface area contributed by atoms with Gasteiger partial charge in [-0.15, -0.1) is 0 Å². The van der Waals surface area contributed by atoms with Crippen LogP contribution in [0.4, 0.5) is 0 Å². The fraction of sp³-hybridized carbons (Fsp3) is 0.611. The summed E-state index contributed by atoms with van der Waals surface area (Å²) in [5.41, 5.74) is 2.56. The highest BCUT2D eigenvalue weighted by Crippen LogP contribution is 2.36. The van der Waals surface area contributed by atoms with Gasteiger partial charge in [-0.2, -0.15) is 0 Å². The molecule has 0 spiro atoms. The molecule has 0 atom stereocenters. The van der Waals surface area contributed by atoms with Gasteiger partial charge in [0.2, 0.25) is 5.91 Å². The third kappa shape index (κ3) is 3.78. The largest absolute Gasteiger partial charge is 0.495 e. The average Bonchev–Trinajstić information content (AvgIpc) is 2.64. The van der Waals surface area contributed by atoms with Gasteiger partial charge in [0, 0.05) is 12.5 Å². The van der Waals surface area contributed by atoms with Crippen LogP contribution in [0.1, 0.15) is 52.7 Å². The molecule has 0 aliphatic carbocycles. The molecule has 1 N–H and O–H groups in total. The van der Waals surface area contributed by atoms with Crippen LogP contribution >= 0.6 is 0 Å². The summed E-state index contributed by atoms with van der Waals surface area (Å²) in [5, 5.41) is 2.94. The first-order valence-corrected chi connectivity index (χ1v) is 8.26. The number of rotatable bonds is 4. The van der Waals surface area contributed by atoms with Crippen LogP contribution in [0.2, 0.25) is 0 Å². The lowest BCUT2D eigenvalue weighted by atomic mass is 9.76. The molecule has 1 aromatic rings. The molecule has 0 unspecified atom stereocenters. The number of nitrogens with one attached hydrogen (secondary N) is 1. The maximum Gasteiger partial charge on any atom is 0.495 e. The Morgan fingerprint density at radius 3 is 2.22 bits per heavy atom. The predicted octanol–water partition coefficient (Wildman–Crippen LogP) is 2.57. The maximum absolute atomic E-state index is 11.7. The third-order valence-electron chi connectivity index (χ3n) is 4.83. The van der Waals surface area contributed by atoms with E-state index in [2.05, 4.69) is 39.1 Å². The highest BCUT2D eigenvalue weighted by molar-refractivity contribution is 6.62. The van der Waals surface area contributed by atoms with E-state index in [1.165, 1.54) is 0 Å². The molecular formula is C18H28BNO3. The fourth-order valence-electron chi connectivity index (χ4n) is 2.48. The summed E-state index contributed by atoms with van der Waals surface area (Å²) >= 11 is 0. The van der Waals surface area contributed by atoms with Gasteiger partial charge in [0.05, 0.1) is 11.2 Å². The zero-order valence-corrected chi connectivity index (χ0v) is 15.3. The summed E-state index contributed by atoms with van der Waals surface area (Å²) in [4.78, 5) is 11.7. The van der Waals surface area contributed by atoms with Gasteiger partial charge in [-0.05, 0) is 45.6 Å². The number of hydrogen-bond donors (Lipinski definition) is 1. The van der Waals surface area contributed by atoms with E-state index in [9.17, 15) is 4.79 Å². The SMILES string of the molecule is Cc1cc(CNC(=O)C(C)C)ccc1B1OC(C)(C)C(C)(C)O1. The average molecular weight is 317 g/mol. The molecule has 23 heavy (non-hydrogen) atoms. The Morgan fingerprint density at radius 2 is 1.74 bits per heavy atom. The van der Waals surface area contributed by atoms with Crippen LogP contribution in [0.5, 0.6) is 0 Å². The molecule has 1 fully saturated rings. The van der Waals surface area contributed by atoms with Crippen molar-refractivity contribution in [3.63, 3.8) is 0 Å². The van der Waals surface area contributed by atoms with Crippen LogP contribution in [0, 0.1) is 12.8 Å². The molecule has 1 aliphatic rings. The summed E-state index contributed by atoms with van der Waals surface area (Å²) in [6.07, 6.45) is 0. The van der Waals surface area contributed by atoms with Gasteiger partial charge in [0.15, 0.2) is 0 Å². The Morgan fingerprint density at radius 1 is 1.17 bits per heavy atom. The topological polar surface area (TPSA) is 47.6 Å². The molecule has 5 heteroatoms.